The molecule has 0 saturated carbocycles. The maximum Gasteiger partial charge on any atom is 0.387 e. The number of methoxy groups -OCH3 is 2. The van der Waals surface area contributed by atoms with E-state index < -0.39 is 12.5 Å². The van der Waals surface area contributed by atoms with Crippen LogP contribution in [0.25, 0.3) is 6.08 Å². The molecule has 0 aromatic heterocycles. The number of benzene rings is 2. The molecule has 1 N–H and O–H groups in total. The van der Waals surface area contributed by atoms with Crippen molar-refractivity contribution in [1.29, 1.82) is 0 Å². The summed E-state index contributed by atoms with van der Waals surface area (Å²) in [5.41, 5.74) is 1.20. The normalized spacial score (nSPS) is 10.8. The molecule has 0 saturated heterocycles. The molecular formula is C20H21F2NO5. The van der Waals surface area contributed by atoms with Gasteiger partial charge < -0.3 is 24.3 Å². The summed E-state index contributed by atoms with van der Waals surface area (Å²) in [6.45, 7) is -1.41. The second-order valence-electron chi connectivity index (χ2n) is 5.49. The van der Waals surface area contributed by atoms with Crippen molar-refractivity contribution in [2.24, 2.45) is 0 Å². The minimum atomic E-state index is -3.01. The van der Waals surface area contributed by atoms with Crippen molar-refractivity contribution in [2.75, 3.05) is 26.1 Å². The van der Waals surface area contributed by atoms with E-state index in [0.717, 1.165) is 5.56 Å². The Balaban J connectivity index is 2.03. The molecular weight excluding hydrogens is 372 g/mol. The quantitative estimate of drug-likeness (QED) is 0.686. The fraction of sp³-hybridized carbons (Fsp3) is 0.250. The number of anilines is 1. The SMILES string of the molecule is CC=Cc1ccc(OCC(=O)Nc2ccc(OC)c(OC(F)F)c2)c(OC)c1. The van der Waals surface area contributed by atoms with Gasteiger partial charge in [0.2, 0.25) is 0 Å². The van der Waals surface area contributed by atoms with Crippen molar-refractivity contribution in [1.82, 2.24) is 0 Å². The van der Waals surface area contributed by atoms with Crippen molar-refractivity contribution < 1.29 is 32.5 Å². The van der Waals surface area contributed by atoms with Crippen LogP contribution in [0.2, 0.25) is 0 Å². The third-order valence-corrected chi connectivity index (χ3v) is 3.57. The van der Waals surface area contributed by atoms with Gasteiger partial charge >= 0.3 is 6.61 Å². The number of rotatable bonds is 9. The summed E-state index contributed by atoms with van der Waals surface area (Å²) in [4.78, 5) is 12.1. The zero-order valence-electron chi connectivity index (χ0n) is 15.7. The zero-order chi connectivity index (χ0) is 20.5. The Bertz CT molecular complexity index is 839. The fourth-order valence-electron chi connectivity index (χ4n) is 2.38. The molecule has 0 aliphatic heterocycles. The molecule has 2 rings (SSSR count). The number of carbonyl (C=O) groups is 1. The summed E-state index contributed by atoms with van der Waals surface area (Å²) in [7, 11) is 2.83. The molecule has 2 aromatic rings. The summed E-state index contributed by atoms with van der Waals surface area (Å²) in [6, 6.07) is 9.47. The summed E-state index contributed by atoms with van der Waals surface area (Å²) in [5.74, 6) is 0.355. The van der Waals surface area contributed by atoms with Crippen molar-refractivity contribution in [2.45, 2.75) is 13.5 Å². The first-order valence-electron chi connectivity index (χ1n) is 8.33. The molecule has 28 heavy (non-hydrogen) atoms. The maximum absolute atomic E-state index is 12.5. The highest BCUT2D eigenvalue weighted by atomic mass is 19.3. The Morgan fingerprint density at radius 3 is 2.39 bits per heavy atom. The standard InChI is InChI=1S/C20H21F2NO5/c1-4-5-13-6-8-16(17(10-13)26-3)27-12-19(24)23-14-7-9-15(25-2)18(11-14)28-20(21)22/h4-11,20H,12H2,1-3H3,(H,23,24). The van der Waals surface area contributed by atoms with Gasteiger partial charge in [0, 0.05) is 11.8 Å². The third-order valence-electron chi connectivity index (χ3n) is 3.57. The van der Waals surface area contributed by atoms with E-state index in [0.29, 0.717) is 11.5 Å². The highest BCUT2D eigenvalue weighted by Crippen LogP contribution is 2.32. The lowest BCUT2D eigenvalue weighted by Crippen LogP contribution is -2.20. The number of ether oxygens (including phenoxy) is 4. The summed E-state index contributed by atoms with van der Waals surface area (Å²) >= 11 is 0. The molecule has 0 aliphatic rings. The number of allylic oxidation sites excluding steroid dienone is 1. The van der Waals surface area contributed by atoms with E-state index in [1.165, 1.54) is 32.4 Å². The van der Waals surface area contributed by atoms with Crippen LogP contribution in [0.15, 0.2) is 42.5 Å². The van der Waals surface area contributed by atoms with Crippen molar-refractivity contribution in [3.05, 3.63) is 48.0 Å². The second kappa shape index (κ2) is 10.1. The molecule has 0 heterocycles. The zero-order valence-corrected chi connectivity index (χ0v) is 15.7. The van der Waals surface area contributed by atoms with E-state index >= 15 is 0 Å². The van der Waals surface area contributed by atoms with Crippen LogP contribution in [-0.4, -0.2) is 33.3 Å². The van der Waals surface area contributed by atoms with Crippen LogP contribution in [0.1, 0.15) is 12.5 Å². The molecule has 150 valence electrons. The minimum Gasteiger partial charge on any atom is -0.493 e. The average Bonchev–Trinajstić information content (AvgIpc) is 2.67. The van der Waals surface area contributed by atoms with Crippen LogP contribution in [0.3, 0.4) is 0 Å². The fourth-order valence-corrected chi connectivity index (χ4v) is 2.38. The van der Waals surface area contributed by atoms with Crippen LogP contribution in [0, 0.1) is 0 Å². The smallest absolute Gasteiger partial charge is 0.387 e. The van der Waals surface area contributed by atoms with Gasteiger partial charge in [0.1, 0.15) is 0 Å². The van der Waals surface area contributed by atoms with E-state index in [2.05, 4.69) is 10.1 Å². The molecule has 0 fully saturated rings. The predicted octanol–water partition coefficient (Wildman–Crippen LogP) is 4.36. The van der Waals surface area contributed by atoms with Gasteiger partial charge in [-0.2, -0.15) is 8.78 Å². The molecule has 0 radical (unpaired) electrons. The molecule has 0 unspecified atom stereocenters. The van der Waals surface area contributed by atoms with Gasteiger partial charge in [0.05, 0.1) is 14.2 Å². The van der Waals surface area contributed by atoms with E-state index in [9.17, 15) is 13.6 Å². The Kier molecular flexibility index (Phi) is 7.62. The molecule has 0 spiro atoms. The number of alkyl halides is 2. The highest BCUT2D eigenvalue weighted by Gasteiger charge is 2.13. The number of halogens is 2. The van der Waals surface area contributed by atoms with Crippen molar-refractivity contribution in [3.8, 4) is 23.0 Å². The van der Waals surface area contributed by atoms with E-state index in [1.54, 1.807) is 12.1 Å². The summed E-state index contributed by atoms with van der Waals surface area (Å²) in [5, 5.41) is 2.55. The van der Waals surface area contributed by atoms with Crippen LogP contribution in [0.4, 0.5) is 14.5 Å². The average molecular weight is 393 g/mol. The van der Waals surface area contributed by atoms with Crippen LogP contribution >= 0.6 is 0 Å². The Hall–Kier alpha value is -3.29. The van der Waals surface area contributed by atoms with Gasteiger partial charge in [-0.05, 0) is 36.8 Å². The van der Waals surface area contributed by atoms with Gasteiger partial charge in [-0.15, -0.1) is 0 Å². The van der Waals surface area contributed by atoms with Crippen LogP contribution in [-0.2, 0) is 4.79 Å². The largest absolute Gasteiger partial charge is 0.493 e. The number of hydrogen-bond donors (Lipinski definition) is 1. The number of hydrogen-bond acceptors (Lipinski definition) is 5. The first kappa shape index (κ1) is 21.0. The Morgan fingerprint density at radius 1 is 1.04 bits per heavy atom. The number of amides is 1. The van der Waals surface area contributed by atoms with Crippen LogP contribution < -0.4 is 24.3 Å². The molecule has 6 nitrogen and oxygen atoms in total. The first-order valence-corrected chi connectivity index (χ1v) is 8.33. The molecule has 8 heteroatoms. The Morgan fingerprint density at radius 2 is 1.75 bits per heavy atom. The van der Waals surface area contributed by atoms with E-state index in [-0.39, 0.29) is 23.8 Å². The molecule has 0 aliphatic carbocycles. The van der Waals surface area contributed by atoms with Gasteiger partial charge in [0.15, 0.2) is 29.6 Å². The van der Waals surface area contributed by atoms with Crippen molar-refractivity contribution >= 4 is 17.7 Å². The van der Waals surface area contributed by atoms with Crippen LogP contribution in [0.5, 0.6) is 23.0 Å². The molecule has 0 atom stereocenters. The third kappa shape index (κ3) is 5.87. The highest BCUT2D eigenvalue weighted by molar-refractivity contribution is 5.92. The van der Waals surface area contributed by atoms with Gasteiger partial charge in [0.25, 0.3) is 5.91 Å². The maximum atomic E-state index is 12.5. The lowest BCUT2D eigenvalue weighted by molar-refractivity contribution is -0.118. The van der Waals surface area contributed by atoms with Gasteiger partial charge in [-0.3, -0.25) is 4.79 Å². The minimum absolute atomic E-state index is 0.125. The number of nitrogens with one attached hydrogen (secondary N) is 1. The monoisotopic (exact) mass is 393 g/mol. The molecule has 1 amide bonds. The number of carbonyl (C=O) groups excluding carboxylic acids is 1. The molecule has 0 bridgehead atoms. The molecule has 2 aromatic carbocycles. The summed E-state index contributed by atoms with van der Waals surface area (Å²) < 4.78 is 45.1. The van der Waals surface area contributed by atoms with E-state index in [4.69, 9.17) is 14.2 Å². The predicted molar refractivity (Wildman–Crippen MR) is 101 cm³/mol. The second-order valence-corrected chi connectivity index (χ2v) is 5.49. The van der Waals surface area contributed by atoms with Crippen molar-refractivity contribution in [3.63, 3.8) is 0 Å². The first-order chi connectivity index (χ1) is 13.5. The summed E-state index contributed by atoms with van der Waals surface area (Å²) in [6.07, 6.45) is 3.80. The van der Waals surface area contributed by atoms with Gasteiger partial charge in [-0.1, -0.05) is 18.2 Å². The topological polar surface area (TPSA) is 66.0 Å². The lowest BCUT2D eigenvalue weighted by atomic mass is 10.2. The lowest BCUT2D eigenvalue weighted by Gasteiger charge is -2.13. The van der Waals surface area contributed by atoms with E-state index in [1.807, 2.05) is 25.1 Å². The Labute approximate surface area is 161 Å². The van der Waals surface area contributed by atoms with Gasteiger partial charge in [-0.25, -0.2) is 0 Å².